The summed E-state index contributed by atoms with van der Waals surface area (Å²) in [6.45, 7) is 7.77. The molecule has 5 nitrogen and oxygen atoms in total. The third-order valence-corrected chi connectivity index (χ3v) is 6.24. The van der Waals surface area contributed by atoms with E-state index in [2.05, 4.69) is 18.6 Å². The van der Waals surface area contributed by atoms with Crippen LogP contribution in [0, 0.1) is 6.92 Å². The number of hydrogen-bond acceptors (Lipinski definition) is 4. The number of aryl methyl sites for hydroxylation is 1. The van der Waals surface area contributed by atoms with E-state index < -0.39 is 16.0 Å². The number of ether oxygens (including phenoxy) is 1. The van der Waals surface area contributed by atoms with Crippen LogP contribution in [0.2, 0.25) is 0 Å². The van der Waals surface area contributed by atoms with Gasteiger partial charge >= 0.3 is 5.97 Å². The number of carbonyl (C=O) groups is 1. The Labute approximate surface area is 161 Å². The highest BCUT2D eigenvalue weighted by molar-refractivity contribution is 7.89. The second-order valence-corrected chi connectivity index (χ2v) is 9.16. The number of benzene rings is 2. The van der Waals surface area contributed by atoms with Gasteiger partial charge in [-0.15, -0.1) is 0 Å². The SMILES string of the molecule is COC(=O)c1cc(S(=O)(=O)NC(C)CC(C)(C)c2ccccc2)ccc1C. The normalized spacial score (nSPS) is 13.2. The molecule has 0 spiro atoms. The van der Waals surface area contributed by atoms with Crippen LogP contribution in [0.15, 0.2) is 53.4 Å². The molecule has 2 rings (SSSR count). The summed E-state index contributed by atoms with van der Waals surface area (Å²) in [4.78, 5) is 11.9. The molecule has 0 amide bonds. The first-order valence-corrected chi connectivity index (χ1v) is 10.3. The van der Waals surface area contributed by atoms with Crippen LogP contribution in [0.25, 0.3) is 0 Å². The van der Waals surface area contributed by atoms with Crippen molar-refractivity contribution in [2.75, 3.05) is 7.11 Å². The van der Waals surface area contributed by atoms with Crippen molar-refractivity contribution in [3.05, 3.63) is 65.2 Å². The van der Waals surface area contributed by atoms with E-state index >= 15 is 0 Å². The van der Waals surface area contributed by atoms with Crippen LogP contribution in [0.1, 0.15) is 48.7 Å². The molecule has 1 atom stereocenters. The van der Waals surface area contributed by atoms with Gasteiger partial charge in [-0.25, -0.2) is 17.9 Å². The molecule has 0 saturated carbocycles. The van der Waals surface area contributed by atoms with E-state index in [0.29, 0.717) is 12.0 Å². The van der Waals surface area contributed by atoms with Crippen LogP contribution in [-0.4, -0.2) is 27.5 Å². The molecule has 6 heteroatoms. The molecular formula is C21H27NO4S. The molecule has 0 radical (unpaired) electrons. The summed E-state index contributed by atoms with van der Waals surface area (Å²) >= 11 is 0. The minimum absolute atomic E-state index is 0.0536. The summed E-state index contributed by atoms with van der Waals surface area (Å²) < 4.78 is 33.0. The zero-order valence-electron chi connectivity index (χ0n) is 16.4. The minimum Gasteiger partial charge on any atom is -0.465 e. The minimum atomic E-state index is -3.75. The molecule has 0 saturated heterocycles. The summed E-state index contributed by atoms with van der Waals surface area (Å²) in [5, 5.41) is 0. The molecule has 1 N–H and O–H groups in total. The summed E-state index contributed by atoms with van der Waals surface area (Å²) in [6, 6.07) is 14.2. The number of esters is 1. The van der Waals surface area contributed by atoms with E-state index in [0.717, 1.165) is 5.56 Å². The molecule has 0 bridgehead atoms. The molecule has 27 heavy (non-hydrogen) atoms. The second kappa shape index (κ2) is 8.23. The van der Waals surface area contributed by atoms with Gasteiger partial charge in [-0.1, -0.05) is 50.2 Å². The molecule has 0 fully saturated rings. The van der Waals surface area contributed by atoms with Gasteiger partial charge in [0.2, 0.25) is 10.0 Å². The van der Waals surface area contributed by atoms with Crippen LogP contribution in [0.5, 0.6) is 0 Å². The molecule has 0 aromatic heterocycles. The average molecular weight is 390 g/mol. The first kappa shape index (κ1) is 21.1. The van der Waals surface area contributed by atoms with Crippen molar-refractivity contribution in [3.8, 4) is 0 Å². The first-order chi connectivity index (χ1) is 12.6. The Morgan fingerprint density at radius 1 is 1.15 bits per heavy atom. The van der Waals surface area contributed by atoms with Crippen molar-refractivity contribution >= 4 is 16.0 Å². The lowest BCUT2D eigenvalue weighted by molar-refractivity contribution is 0.0599. The fourth-order valence-corrected chi connectivity index (χ4v) is 4.51. The van der Waals surface area contributed by atoms with E-state index in [9.17, 15) is 13.2 Å². The maximum Gasteiger partial charge on any atom is 0.338 e. The van der Waals surface area contributed by atoms with Gasteiger partial charge in [-0.3, -0.25) is 0 Å². The van der Waals surface area contributed by atoms with Crippen molar-refractivity contribution < 1.29 is 17.9 Å². The number of carbonyl (C=O) groups excluding carboxylic acids is 1. The highest BCUT2D eigenvalue weighted by atomic mass is 32.2. The summed E-state index contributed by atoms with van der Waals surface area (Å²) in [7, 11) is -2.48. The number of sulfonamides is 1. The highest BCUT2D eigenvalue weighted by Crippen LogP contribution is 2.28. The van der Waals surface area contributed by atoms with Crippen molar-refractivity contribution in [1.29, 1.82) is 0 Å². The van der Waals surface area contributed by atoms with Crippen LogP contribution in [0.3, 0.4) is 0 Å². The lowest BCUT2D eigenvalue weighted by Gasteiger charge is -2.29. The fourth-order valence-electron chi connectivity index (χ4n) is 3.25. The smallest absolute Gasteiger partial charge is 0.338 e. The van der Waals surface area contributed by atoms with Crippen molar-refractivity contribution in [1.82, 2.24) is 4.72 Å². The number of rotatable bonds is 7. The summed E-state index contributed by atoms with van der Waals surface area (Å²) in [5.41, 5.74) is 1.88. The van der Waals surface area contributed by atoms with E-state index in [1.165, 1.54) is 19.2 Å². The average Bonchev–Trinajstić information content (AvgIpc) is 2.61. The van der Waals surface area contributed by atoms with Crippen molar-refractivity contribution in [2.45, 2.75) is 50.5 Å². The number of hydrogen-bond donors (Lipinski definition) is 1. The largest absolute Gasteiger partial charge is 0.465 e. The van der Waals surface area contributed by atoms with Gasteiger partial charge in [-0.2, -0.15) is 0 Å². The maximum atomic E-state index is 12.8. The highest BCUT2D eigenvalue weighted by Gasteiger charge is 2.27. The number of methoxy groups -OCH3 is 1. The van der Waals surface area contributed by atoms with Crippen LogP contribution >= 0.6 is 0 Å². The van der Waals surface area contributed by atoms with Gasteiger partial charge in [0, 0.05) is 6.04 Å². The Morgan fingerprint density at radius 3 is 2.37 bits per heavy atom. The van der Waals surface area contributed by atoms with Gasteiger partial charge in [0.15, 0.2) is 0 Å². The van der Waals surface area contributed by atoms with E-state index in [1.54, 1.807) is 13.0 Å². The van der Waals surface area contributed by atoms with Gasteiger partial charge in [0.25, 0.3) is 0 Å². The third-order valence-electron chi connectivity index (χ3n) is 4.65. The Morgan fingerprint density at radius 2 is 1.78 bits per heavy atom. The lowest BCUT2D eigenvalue weighted by Crippen LogP contribution is -2.37. The van der Waals surface area contributed by atoms with Crippen molar-refractivity contribution in [3.63, 3.8) is 0 Å². The zero-order valence-corrected chi connectivity index (χ0v) is 17.3. The molecule has 0 aliphatic rings. The van der Waals surface area contributed by atoms with E-state index in [1.807, 2.05) is 37.3 Å². The van der Waals surface area contributed by atoms with Crippen LogP contribution < -0.4 is 4.72 Å². The molecule has 146 valence electrons. The van der Waals surface area contributed by atoms with Crippen molar-refractivity contribution in [2.24, 2.45) is 0 Å². The van der Waals surface area contributed by atoms with Gasteiger partial charge < -0.3 is 4.74 Å². The quantitative estimate of drug-likeness (QED) is 0.731. The Kier molecular flexibility index (Phi) is 6.44. The van der Waals surface area contributed by atoms with E-state index in [4.69, 9.17) is 4.74 Å². The van der Waals surface area contributed by atoms with Gasteiger partial charge in [0.05, 0.1) is 17.6 Å². The molecule has 2 aromatic rings. The van der Waals surface area contributed by atoms with Crippen LogP contribution in [0.4, 0.5) is 0 Å². The lowest BCUT2D eigenvalue weighted by atomic mass is 9.79. The Balaban J connectivity index is 2.20. The predicted octanol–water partition coefficient (Wildman–Crippen LogP) is 3.82. The topological polar surface area (TPSA) is 72.5 Å². The molecule has 0 heterocycles. The first-order valence-electron chi connectivity index (χ1n) is 8.83. The Hall–Kier alpha value is -2.18. The standard InChI is InChI=1S/C21H27NO4S/c1-15-11-12-18(13-19(15)20(23)26-5)27(24,25)22-16(2)14-21(3,4)17-9-7-6-8-10-17/h6-13,16,22H,14H2,1-5H3. The van der Waals surface area contributed by atoms with Crippen LogP contribution in [-0.2, 0) is 20.2 Å². The monoisotopic (exact) mass is 389 g/mol. The maximum absolute atomic E-state index is 12.8. The fraction of sp³-hybridized carbons (Fsp3) is 0.381. The third kappa shape index (κ3) is 5.17. The van der Waals surface area contributed by atoms with Gasteiger partial charge in [-0.05, 0) is 48.9 Å². The molecule has 0 aliphatic heterocycles. The molecule has 1 unspecified atom stereocenters. The van der Waals surface area contributed by atoms with Gasteiger partial charge in [0.1, 0.15) is 0 Å². The molecule has 2 aromatic carbocycles. The molecular weight excluding hydrogens is 362 g/mol. The van der Waals surface area contributed by atoms with E-state index in [-0.39, 0.29) is 21.9 Å². The summed E-state index contributed by atoms with van der Waals surface area (Å²) in [5.74, 6) is -0.553. The summed E-state index contributed by atoms with van der Waals surface area (Å²) in [6.07, 6.45) is 0.631. The molecule has 0 aliphatic carbocycles. The number of nitrogens with one attached hydrogen (secondary N) is 1. The Bertz CT molecular complexity index is 905. The second-order valence-electron chi connectivity index (χ2n) is 7.44. The zero-order chi connectivity index (χ0) is 20.2. The predicted molar refractivity (Wildman–Crippen MR) is 106 cm³/mol.